The number of esters is 1. The topological polar surface area (TPSA) is 43.4 Å². The number of hydrogen-bond donors (Lipinski definition) is 0. The van der Waals surface area contributed by atoms with Gasteiger partial charge in [-0.3, -0.25) is 4.79 Å². The number of Topliss-reactive ketones (excluding diaryl/α,β-unsaturated/α-hetero) is 1. The number of ketones is 1. The van der Waals surface area contributed by atoms with Gasteiger partial charge in [-0.15, -0.1) is 6.42 Å². The molecular formula is C9H14NO3+. The van der Waals surface area contributed by atoms with Crippen molar-refractivity contribution in [3.63, 3.8) is 0 Å². The average Bonchev–Trinajstić information content (AvgIpc) is 2.01. The van der Waals surface area contributed by atoms with Crippen molar-refractivity contribution >= 4 is 11.8 Å². The molecule has 0 aromatic heterocycles. The van der Waals surface area contributed by atoms with Crippen molar-refractivity contribution < 1.29 is 18.8 Å². The number of carbonyl (C=O) groups is 2. The van der Waals surface area contributed by atoms with E-state index in [0.29, 0.717) is 11.0 Å². The number of hydrogen-bond acceptors (Lipinski definition) is 3. The van der Waals surface area contributed by atoms with E-state index in [-0.39, 0.29) is 6.54 Å². The molecule has 0 aliphatic heterocycles. The first-order valence-corrected chi connectivity index (χ1v) is 3.79. The van der Waals surface area contributed by atoms with E-state index in [2.05, 4.69) is 10.7 Å². The SMILES string of the molecule is C#CC[N+](C)(C)CC(=O)C(=O)OC. The summed E-state index contributed by atoms with van der Waals surface area (Å²) in [5.74, 6) is 1.07. The van der Waals surface area contributed by atoms with E-state index in [1.54, 1.807) is 14.1 Å². The van der Waals surface area contributed by atoms with E-state index in [1.807, 2.05) is 0 Å². The summed E-state index contributed by atoms with van der Waals surface area (Å²) in [6, 6.07) is 0. The molecule has 0 aromatic carbocycles. The maximum atomic E-state index is 11.1. The first-order chi connectivity index (χ1) is 5.93. The maximum absolute atomic E-state index is 11.1. The summed E-state index contributed by atoms with van der Waals surface area (Å²) in [7, 11) is 4.74. The Bertz CT molecular complexity index is 250. The fraction of sp³-hybridized carbons (Fsp3) is 0.556. The minimum atomic E-state index is -0.816. The maximum Gasteiger partial charge on any atom is 0.380 e. The zero-order valence-corrected chi connectivity index (χ0v) is 8.16. The normalized spacial score (nSPS) is 10.3. The Balaban J connectivity index is 4.21. The molecule has 0 atom stereocenters. The molecule has 0 saturated carbocycles. The average molecular weight is 184 g/mol. The van der Waals surface area contributed by atoms with E-state index in [9.17, 15) is 9.59 Å². The van der Waals surface area contributed by atoms with Gasteiger partial charge < -0.3 is 9.22 Å². The second-order valence-corrected chi connectivity index (χ2v) is 3.37. The standard InChI is InChI=1S/C9H14NO3/c1-5-6-10(2,3)7-8(11)9(12)13-4/h1H,6-7H2,2-4H3/q+1. The fourth-order valence-corrected chi connectivity index (χ4v) is 0.870. The minimum absolute atomic E-state index is 0.0663. The number of likely N-dealkylation sites (N-methyl/N-ethyl adjacent to an activating group) is 1. The molecule has 72 valence electrons. The summed E-state index contributed by atoms with van der Waals surface area (Å²) >= 11 is 0. The quantitative estimate of drug-likeness (QED) is 0.254. The Hall–Kier alpha value is -1.34. The van der Waals surface area contributed by atoms with Gasteiger partial charge in [0.25, 0.3) is 5.78 Å². The molecular weight excluding hydrogens is 170 g/mol. The third-order valence-corrected chi connectivity index (χ3v) is 1.50. The number of quaternary nitrogens is 1. The van der Waals surface area contributed by atoms with E-state index in [0.717, 1.165) is 0 Å². The predicted octanol–water partition coefficient (Wildman–Crippen LogP) is -0.562. The minimum Gasteiger partial charge on any atom is -0.463 e. The first-order valence-electron chi connectivity index (χ1n) is 3.79. The molecule has 4 nitrogen and oxygen atoms in total. The van der Waals surface area contributed by atoms with Crippen molar-refractivity contribution in [2.24, 2.45) is 0 Å². The summed E-state index contributed by atoms with van der Waals surface area (Å²) in [6.45, 7) is 0.472. The van der Waals surface area contributed by atoms with Gasteiger partial charge in [0.15, 0.2) is 6.54 Å². The van der Waals surface area contributed by atoms with Gasteiger partial charge in [-0.1, -0.05) is 0 Å². The van der Waals surface area contributed by atoms with Crippen LogP contribution < -0.4 is 0 Å². The highest BCUT2D eigenvalue weighted by atomic mass is 16.5. The molecule has 0 spiro atoms. The van der Waals surface area contributed by atoms with Gasteiger partial charge in [0.2, 0.25) is 0 Å². The smallest absolute Gasteiger partial charge is 0.380 e. The van der Waals surface area contributed by atoms with E-state index in [4.69, 9.17) is 6.42 Å². The van der Waals surface area contributed by atoms with Crippen LogP contribution in [0.3, 0.4) is 0 Å². The molecule has 13 heavy (non-hydrogen) atoms. The number of methoxy groups -OCH3 is 1. The van der Waals surface area contributed by atoms with E-state index in [1.165, 1.54) is 7.11 Å². The lowest BCUT2D eigenvalue weighted by molar-refractivity contribution is -0.874. The third kappa shape index (κ3) is 4.28. The molecule has 4 heteroatoms. The highest BCUT2D eigenvalue weighted by molar-refractivity contribution is 6.34. The number of carbonyl (C=O) groups excluding carboxylic acids is 2. The number of nitrogens with zero attached hydrogens (tertiary/aromatic N) is 1. The monoisotopic (exact) mass is 184 g/mol. The van der Waals surface area contributed by atoms with Crippen LogP contribution in [-0.2, 0) is 14.3 Å². The van der Waals surface area contributed by atoms with Gasteiger partial charge in [0.05, 0.1) is 21.2 Å². The van der Waals surface area contributed by atoms with Crippen LogP contribution in [0.15, 0.2) is 0 Å². The Morgan fingerprint density at radius 1 is 1.46 bits per heavy atom. The van der Waals surface area contributed by atoms with Crippen LogP contribution in [0.1, 0.15) is 0 Å². The van der Waals surface area contributed by atoms with Crippen LogP contribution in [0, 0.1) is 12.3 Å². The molecule has 0 amide bonds. The number of terminal acetylenes is 1. The van der Waals surface area contributed by atoms with E-state index < -0.39 is 11.8 Å². The molecule has 0 fully saturated rings. The Morgan fingerprint density at radius 3 is 2.38 bits per heavy atom. The highest BCUT2D eigenvalue weighted by Crippen LogP contribution is 1.96. The van der Waals surface area contributed by atoms with Crippen molar-refractivity contribution in [1.82, 2.24) is 0 Å². The van der Waals surface area contributed by atoms with Crippen molar-refractivity contribution in [2.75, 3.05) is 34.3 Å². The van der Waals surface area contributed by atoms with E-state index >= 15 is 0 Å². The molecule has 0 rings (SSSR count). The fourth-order valence-electron chi connectivity index (χ4n) is 0.870. The third-order valence-electron chi connectivity index (χ3n) is 1.50. The molecule has 0 saturated heterocycles. The van der Waals surface area contributed by atoms with Crippen LogP contribution in [0.25, 0.3) is 0 Å². The molecule has 0 radical (unpaired) electrons. The van der Waals surface area contributed by atoms with Gasteiger partial charge >= 0.3 is 5.97 Å². The van der Waals surface area contributed by atoms with Crippen LogP contribution in [-0.4, -0.2) is 50.5 Å². The molecule has 0 aliphatic rings. The van der Waals surface area contributed by atoms with Gasteiger partial charge in [-0.2, -0.15) is 0 Å². The zero-order valence-electron chi connectivity index (χ0n) is 8.16. The first kappa shape index (κ1) is 11.7. The van der Waals surface area contributed by atoms with Crippen LogP contribution >= 0.6 is 0 Å². The van der Waals surface area contributed by atoms with Gasteiger partial charge in [-0.05, 0) is 5.92 Å². The lowest BCUT2D eigenvalue weighted by Gasteiger charge is -2.25. The van der Waals surface area contributed by atoms with Crippen molar-refractivity contribution in [3.05, 3.63) is 0 Å². The summed E-state index contributed by atoms with van der Waals surface area (Å²) in [4.78, 5) is 21.9. The molecule has 0 unspecified atom stereocenters. The largest absolute Gasteiger partial charge is 0.463 e. The Kier molecular flexibility index (Phi) is 4.15. The zero-order chi connectivity index (χ0) is 10.5. The molecule has 0 aromatic rings. The van der Waals surface area contributed by atoms with Gasteiger partial charge in [-0.25, -0.2) is 4.79 Å². The second kappa shape index (κ2) is 4.63. The van der Waals surface area contributed by atoms with Gasteiger partial charge in [0, 0.05) is 0 Å². The lowest BCUT2D eigenvalue weighted by Crippen LogP contribution is -2.46. The Morgan fingerprint density at radius 2 is 2.00 bits per heavy atom. The number of ether oxygens (including phenoxy) is 1. The molecule has 0 bridgehead atoms. The summed E-state index contributed by atoms with van der Waals surface area (Å²) < 4.78 is 4.58. The summed E-state index contributed by atoms with van der Waals surface area (Å²) in [6.07, 6.45) is 5.11. The van der Waals surface area contributed by atoms with Crippen molar-refractivity contribution in [3.8, 4) is 12.3 Å². The van der Waals surface area contributed by atoms with Crippen molar-refractivity contribution in [1.29, 1.82) is 0 Å². The highest BCUT2D eigenvalue weighted by Gasteiger charge is 2.24. The lowest BCUT2D eigenvalue weighted by atomic mass is 10.3. The van der Waals surface area contributed by atoms with Crippen LogP contribution in [0.4, 0.5) is 0 Å². The Labute approximate surface area is 78.1 Å². The summed E-state index contributed by atoms with van der Waals surface area (Å²) in [5.41, 5.74) is 0. The van der Waals surface area contributed by atoms with Crippen molar-refractivity contribution in [2.45, 2.75) is 0 Å². The molecule has 0 aliphatic carbocycles. The number of rotatable bonds is 4. The summed E-state index contributed by atoms with van der Waals surface area (Å²) in [5, 5.41) is 0. The predicted molar refractivity (Wildman–Crippen MR) is 47.7 cm³/mol. The molecule has 0 N–H and O–H groups in total. The van der Waals surface area contributed by atoms with Gasteiger partial charge in [0.1, 0.15) is 6.54 Å². The van der Waals surface area contributed by atoms with Crippen LogP contribution in [0.2, 0.25) is 0 Å². The second-order valence-electron chi connectivity index (χ2n) is 3.37. The van der Waals surface area contributed by atoms with Crippen LogP contribution in [0.5, 0.6) is 0 Å². The molecule has 0 heterocycles.